The van der Waals surface area contributed by atoms with E-state index < -0.39 is 0 Å². The minimum Gasteiger partial charge on any atom is -0.484 e. The zero-order chi connectivity index (χ0) is 15.1. The number of amides is 1. The first kappa shape index (κ1) is 16.1. The molecule has 1 aliphatic carbocycles. The first-order valence-electron chi connectivity index (χ1n) is 7.46. The lowest BCUT2D eigenvalue weighted by Crippen LogP contribution is -2.41. The number of rotatable bonds is 7. The zero-order valence-electron chi connectivity index (χ0n) is 12.1. The summed E-state index contributed by atoms with van der Waals surface area (Å²) < 4.78 is 5.39. The van der Waals surface area contributed by atoms with E-state index in [4.69, 9.17) is 16.3 Å². The van der Waals surface area contributed by atoms with E-state index in [0.717, 1.165) is 6.42 Å². The molecule has 0 heterocycles. The van der Waals surface area contributed by atoms with Crippen molar-refractivity contribution < 1.29 is 14.6 Å². The molecule has 0 unspecified atom stereocenters. The molecule has 1 aromatic rings. The Kier molecular flexibility index (Phi) is 6.33. The monoisotopic (exact) mass is 311 g/mol. The molecule has 2 rings (SSSR count). The van der Waals surface area contributed by atoms with Crippen LogP contribution >= 0.6 is 11.6 Å². The van der Waals surface area contributed by atoms with Crippen LogP contribution in [0.1, 0.15) is 32.1 Å². The molecule has 0 saturated heterocycles. The van der Waals surface area contributed by atoms with Crippen molar-refractivity contribution in [2.24, 2.45) is 5.92 Å². The Morgan fingerprint density at radius 2 is 2.00 bits per heavy atom. The fraction of sp³-hybridized carbons (Fsp3) is 0.562. The molecule has 1 saturated carbocycles. The fourth-order valence-corrected chi connectivity index (χ4v) is 2.90. The van der Waals surface area contributed by atoms with Crippen molar-refractivity contribution in [3.8, 4) is 5.75 Å². The summed E-state index contributed by atoms with van der Waals surface area (Å²) in [6.45, 7) is -0.0774. The van der Waals surface area contributed by atoms with E-state index in [-0.39, 0.29) is 25.2 Å². The van der Waals surface area contributed by atoms with Gasteiger partial charge in [-0.1, -0.05) is 37.3 Å². The number of aliphatic hydroxyl groups excluding tert-OH is 1. The molecule has 5 heteroatoms. The molecule has 1 aliphatic rings. The van der Waals surface area contributed by atoms with Crippen LogP contribution in [-0.4, -0.2) is 30.3 Å². The molecule has 1 fully saturated rings. The van der Waals surface area contributed by atoms with Crippen molar-refractivity contribution in [3.63, 3.8) is 0 Å². The third kappa shape index (κ3) is 5.56. The van der Waals surface area contributed by atoms with Gasteiger partial charge in [0.05, 0.1) is 12.6 Å². The van der Waals surface area contributed by atoms with E-state index in [1.165, 1.54) is 25.7 Å². The molecule has 0 radical (unpaired) electrons. The molecule has 0 aromatic heterocycles. The van der Waals surface area contributed by atoms with Crippen LogP contribution in [0.4, 0.5) is 0 Å². The summed E-state index contributed by atoms with van der Waals surface area (Å²) in [6.07, 6.45) is 5.78. The molecular formula is C16H22ClNO3. The summed E-state index contributed by atoms with van der Waals surface area (Å²) in [5, 5.41) is 12.8. The first-order chi connectivity index (χ1) is 10.2. The topological polar surface area (TPSA) is 58.6 Å². The number of carbonyl (C=O) groups is 1. The molecule has 1 aromatic carbocycles. The maximum Gasteiger partial charge on any atom is 0.258 e. The predicted octanol–water partition coefficient (Wildman–Crippen LogP) is 2.78. The van der Waals surface area contributed by atoms with Gasteiger partial charge in [0.15, 0.2) is 6.61 Å². The maximum absolute atomic E-state index is 11.9. The molecule has 21 heavy (non-hydrogen) atoms. The van der Waals surface area contributed by atoms with Gasteiger partial charge < -0.3 is 15.2 Å². The van der Waals surface area contributed by atoms with Crippen LogP contribution in [0.15, 0.2) is 24.3 Å². The number of hydrogen-bond donors (Lipinski definition) is 2. The smallest absolute Gasteiger partial charge is 0.258 e. The van der Waals surface area contributed by atoms with Crippen LogP contribution in [0, 0.1) is 5.92 Å². The van der Waals surface area contributed by atoms with Gasteiger partial charge in [-0.2, -0.15) is 0 Å². The van der Waals surface area contributed by atoms with E-state index in [0.29, 0.717) is 16.7 Å². The summed E-state index contributed by atoms with van der Waals surface area (Å²) in [5.41, 5.74) is 0. The Hall–Kier alpha value is -1.26. The second kappa shape index (κ2) is 8.25. The fourth-order valence-electron chi connectivity index (χ4n) is 2.78. The number of ether oxygens (including phenoxy) is 1. The van der Waals surface area contributed by atoms with E-state index in [2.05, 4.69) is 5.32 Å². The van der Waals surface area contributed by atoms with Crippen molar-refractivity contribution in [2.75, 3.05) is 13.2 Å². The number of hydrogen-bond acceptors (Lipinski definition) is 3. The second-order valence-electron chi connectivity index (χ2n) is 5.58. The summed E-state index contributed by atoms with van der Waals surface area (Å²) in [6, 6.07) is 6.70. The van der Waals surface area contributed by atoms with Gasteiger partial charge in [-0.25, -0.2) is 0 Å². The van der Waals surface area contributed by atoms with Crippen LogP contribution < -0.4 is 10.1 Å². The summed E-state index contributed by atoms with van der Waals surface area (Å²) in [4.78, 5) is 11.9. The van der Waals surface area contributed by atoms with Crippen molar-refractivity contribution in [3.05, 3.63) is 29.3 Å². The molecule has 0 bridgehead atoms. The third-order valence-corrected chi connectivity index (χ3v) is 4.11. The summed E-state index contributed by atoms with van der Waals surface area (Å²) in [7, 11) is 0. The Balaban J connectivity index is 1.72. The van der Waals surface area contributed by atoms with Gasteiger partial charge in [0.25, 0.3) is 5.91 Å². The van der Waals surface area contributed by atoms with Gasteiger partial charge in [-0.3, -0.25) is 4.79 Å². The highest BCUT2D eigenvalue weighted by Crippen LogP contribution is 2.28. The molecule has 4 nitrogen and oxygen atoms in total. The number of carbonyl (C=O) groups excluding carboxylic acids is 1. The van der Waals surface area contributed by atoms with Gasteiger partial charge in [0, 0.05) is 5.02 Å². The third-order valence-electron chi connectivity index (χ3n) is 3.86. The molecule has 0 spiro atoms. The lowest BCUT2D eigenvalue weighted by atomic mass is 9.99. The quantitative estimate of drug-likeness (QED) is 0.814. The largest absolute Gasteiger partial charge is 0.484 e. The van der Waals surface area contributed by atoms with Crippen LogP contribution in [0.25, 0.3) is 0 Å². The second-order valence-corrected chi connectivity index (χ2v) is 6.01. The highest BCUT2D eigenvalue weighted by atomic mass is 35.5. The number of aliphatic hydroxyl groups is 1. The van der Waals surface area contributed by atoms with Crippen LogP contribution in [0.3, 0.4) is 0 Å². The highest BCUT2D eigenvalue weighted by molar-refractivity contribution is 6.30. The molecular weight excluding hydrogens is 290 g/mol. The zero-order valence-corrected chi connectivity index (χ0v) is 12.8. The van der Waals surface area contributed by atoms with E-state index >= 15 is 0 Å². The highest BCUT2D eigenvalue weighted by Gasteiger charge is 2.21. The number of benzene rings is 1. The summed E-state index contributed by atoms with van der Waals surface area (Å²) in [5.74, 6) is 1.02. The summed E-state index contributed by atoms with van der Waals surface area (Å²) >= 11 is 5.78. The molecule has 116 valence electrons. The van der Waals surface area contributed by atoms with Gasteiger partial charge in [-0.15, -0.1) is 0 Å². The molecule has 1 atom stereocenters. The van der Waals surface area contributed by atoms with Gasteiger partial charge in [0.1, 0.15) is 5.75 Å². The molecule has 2 N–H and O–H groups in total. The van der Waals surface area contributed by atoms with Crippen LogP contribution in [-0.2, 0) is 4.79 Å². The number of nitrogens with one attached hydrogen (secondary N) is 1. The maximum atomic E-state index is 11.9. The van der Waals surface area contributed by atoms with Crippen LogP contribution in [0.2, 0.25) is 5.02 Å². The Morgan fingerprint density at radius 1 is 1.33 bits per heavy atom. The normalized spacial score (nSPS) is 16.7. The average molecular weight is 312 g/mol. The molecule has 1 amide bonds. The van der Waals surface area contributed by atoms with Gasteiger partial charge in [-0.05, 0) is 36.6 Å². The number of halogens is 1. The van der Waals surface area contributed by atoms with Crippen LogP contribution in [0.5, 0.6) is 5.75 Å². The van der Waals surface area contributed by atoms with E-state index in [9.17, 15) is 9.90 Å². The predicted molar refractivity (Wildman–Crippen MR) is 82.5 cm³/mol. The lowest BCUT2D eigenvalue weighted by Gasteiger charge is -2.20. The Bertz CT molecular complexity index is 443. The van der Waals surface area contributed by atoms with Gasteiger partial charge in [0.2, 0.25) is 0 Å². The standard InChI is InChI=1S/C16H22ClNO3/c17-13-5-7-15(8-6-13)21-11-16(20)18-14(10-19)9-12-3-1-2-4-12/h5-8,12,14,19H,1-4,9-11H2,(H,18,20)/t14-/m1/s1. The van der Waals surface area contributed by atoms with E-state index in [1.807, 2.05) is 0 Å². The first-order valence-corrected chi connectivity index (χ1v) is 7.83. The lowest BCUT2D eigenvalue weighted by molar-refractivity contribution is -0.124. The minimum atomic E-state index is -0.206. The Labute approximate surface area is 130 Å². The van der Waals surface area contributed by atoms with Crippen molar-refractivity contribution in [1.82, 2.24) is 5.32 Å². The molecule has 0 aliphatic heterocycles. The van der Waals surface area contributed by atoms with Gasteiger partial charge >= 0.3 is 0 Å². The van der Waals surface area contributed by atoms with Crippen molar-refractivity contribution in [2.45, 2.75) is 38.1 Å². The SMILES string of the molecule is O=C(COc1ccc(Cl)cc1)N[C@@H](CO)CC1CCCC1. The van der Waals surface area contributed by atoms with E-state index in [1.54, 1.807) is 24.3 Å². The minimum absolute atomic E-state index is 0.0246. The van der Waals surface area contributed by atoms with Crippen molar-refractivity contribution in [1.29, 1.82) is 0 Å². The van der Waals surface area contributed by atoms with Crippen molar-refractivity contribution >= 4 is 17.5 Å². The Morgan fingerprint density at radius 3 is 2.62 bits per heavy atom. The average Bonchev–Trinajstić information content (AvgIpc) is 2.99.